The average molecular weight is 354 g/mol. The third-order valence-corrected chi connectivity index (χ3v) is 4.52. The summed E-state index contributed by atoms with van der Waals surface area (Å²) in [4.78, 5) is 14.2. The van der Waals surface area contributed by atoms with E-state index in [0.29, 0.717) is 0 Å². The summed E-state index contributed by atoms with van der Waals surface area (Å²) in [5.74, 6) is 0.730. The summed E-state index contributed by atoms with van der Waals surface area (Å²) in [5.41, 5.74) is 3.49. The van der Waals surface area contributed by atoms with Crippen molar-refractivity contribution in [1.29, 1.82) is 0 Å². The van der Waals surface area contributed by atoms with Crippen LogP contribution < -0.4 is 4.74 Å². The fourth-order valence-corrected chi connectivity index (χ4v) is 2.79. The van der Waals surface area contributed by atoms with Crippen molar-refractivity contribution in [1.82, 2.24) is 4.90 Å². The van der Waals surface area contributed by atoms with Gasteiger partial charge in [-0.25, -0.2) is 0 Å². The molecular formula is C23H31NO2. The Hall–Kier alpha value is -2.29. The third kappa shape index (κ3) is 4.87. The summed E-state index contributed by atoms with van der Waals surface area (Å²) >= 11 is 0. The van der Waals surface area contributed by atoms with Crippen molar-refractivity contribution in [3.63, 3.8) is 0 Å². The Morgan fingerprint density at radius 3 is 1.96 bits per heavy atom. The Morgan fingerprint density at radius 1 is 0.962 bits per heavy atom. The van der Waals surface area contributed by atoms with Crippen LogP contribution in [0.15, 0.2) is 48.5 Å². The van der Waals surface area contributed by atoms with E-state index < -0.39 is 6.23 Å². The van der Waals surface area contributed by atoms with Crippen LogP contribution in [-0.4, -0.2) is 17.9 Å². The van der Waals surface area contributed by atoms with Crippen LogP contribution >= 0.6 is 0 Å². The Labute approximate surface area is 158 Å². The second kappa shape index (κ2) is 7.94. The molecule has 0 aliphatic heterocycles. The van der Waals surface area contributed by atoms with E-state index in [1.807, 2.05) is 57.2 Å². The highest BCUT2D eigenvalue weighted by Crippen LogP contribution is 2.29. The van der Waals surface area contributed by atoms with Gasteiger partial charge in [0.25, 0.3) is 0 Å². The quantitative estimate of drug-likeness (QED) is 0.666. The zero-order valence-corrected chi connectivity index (χ0v) is 17.0. The second-order valence-corrected chi connectivity index (χ2v) is 8.26. The first-order chi connectivity index (χ1) is 12.1. The predicted octanol–water partition coefficient (Wildman–Crippen LogP) is 5.48. The molecule has 0 bridgehead atoms. The number of hydrogen-bond acceptors (Lipinski definition) is 2. The molecule has 0 heterocycles. The Bertz CT molecular complexity index is 724. The number of carbonyl (C=O) groups is 1. The van der Waals surface area contributed by atoms with Crippen molar-refractivity contribution < 1.29 is 9.53 Å². The lowest BCUT2D eigenvalue weighted by atomic mass is 9.87. The normalized spacial score (nSPS) is 12.8. The van der Waals surface area contributed by atoms with E-state index in [1.54, 1.807) is 11.9 Å². The van der Waals surface area contributed by atoms with Crippen molar-refractivity contribution in [2.45, 2.75) is 53.2 Å². The maximum atomic E-state index is 12.5. The molecule has 140 valence electrons. The van der Waals surface area contributed by atoms with Crippen molar-refractivity contribution >= 4 is 5.91 Å². The Balaban J connectivity index is 2.32. The number of benzene rings is 2. The van der Waals surface area contributed by atoms with Crippen molar-refractivity contribution in [2.75, 3.05) is 7.05 Å². The van der Waals surface area contributed by atoms with Crippen molar-refractivity contribution in [3.05, 3.63) is 65.2 Å². The number of nitrogens with zero attached hydrogens (tertiary/aromatic N) is 1. The number of aryl methyl sites for hydroxylation is 1. The van der Waals surface area contributed by atoms with Gasteiger partial charge in [0.2, 0.25) is 12.1 Å². The van der Waals surface area contributed by atoms with Crippen molar-refractivity contribution in [2.24, 2.45) is 5.92 Å². The topological polar surface area (TPSA) is 29.5 Å². The largest absolute Gasteiger partial charge is 0.466 e. The van der Waals surface area contributed by atoms with E-state index in [0.717, 1.165) is 11.3 Å². The van der Waals surface area contributed by atoms with E-state index >= 15 is 0 Å². The second-order valence-electron chi connectivity index (χ2n) is 8.26. The van der Waals surface area contributed by atoms with Crippen LogP contribution in [0.4, 0.5) is 0 Å². The fourth-order valence-electron chi connectivity index (χ4n) is 2.79. The number of amides is 1. The first-order valence-electron chi connectivity index (χ1n) is 9.20. The maximum absolute atomic E-state index is 12.5. The standard InChI is InChI=1S/C23H31NO2/c1-16(2)21(25)24(7)22(18-10-8-17(3)9-11-18)26-20-14-12-19(13-15-20)23(4,5)6/h8-16,22H,1-7H3. The molecule has 0 radical (unpaired) electrons. The summed E-state index contributed by atoms with van der Waals surface area (Å²) in [6.45, 7) is 12.4. The molecule has 2 aromatic rings. The smallest absolute Gasteiger partial charge is 0.227 e. The lowest BCUT2D eigenvalue weighted by Crippen LogP contribution is -2.37. The maximum Gasteiger partial charge on any atom is 0.227 e. The first-order valence-corrected chi connectivity index (χ1v) is 9.20. The number of hydrogen-bond donors (Lipinski definition) is 0. The first kappa shape index (κ1) is 20.0. The molecular weight excluding hydrogens is 322 g/mol. The molecule has 0 saturated carbocycles. The van der Waals surface area contributed by atoms with Crippen LogP contribution in [-0.2, 0) is 10.2 Å². The van der Waals surface area contributed by atoms with E-state index in [4.69, 9.17) is 4.74 Å². The number of ether oxygens (including phenoxy) is 1. The highest BCUT2D eigenvalue weighted by molar-refractivity contribution is 5.78. The van der Waals surface area contributed by atoms with Gasteiger partial charge in [0.15, 0.2) is 0 Å². The predicted molar refractivity (Wildman–Crippen MR) is 107 cm³/mol. The molecule has 0 fully saturated rings. The lowest BCUT2D eigenvalue weighted by molar-refractivity contribution is -0.141. The molecule has 1 atom stereocenters. The monoisotopic (exact) mass is 353 g/mol. The molecule has 26 heavy (non-hydrogen) atoms. The molecule has 1 amide bonds. The SMILES string of the molecule is Cc1ccc(C(Oc2ccc(C(C)(C)C)cc2)N(C)C(=O)C(C)C)cc1. The van der Waals surface area contributed by atoms with Gasteiger partial charge < -0.3 is 9.64 Å². The summed E-state index contributed by atoms with van der Waals surface area (Å²) in [7, 11) is 1.80. The van der Waals surface area contributed by atoms with Crippen molar-refractivity contribution in [3.8, 4) is 5.75 Å². The molecule has 1 unspecified atom stereocenters. The van der Waals surface area contributed by atoms with Gasteiger partial charge in [-0.05, 0) is 30.0 Å². The van der Waals surface area contributed by atoms with Gasteiger partial charge in [-0.15, -0.1) is 0 Å². The molecule has 0 N–H and O–H groups in total. The van der Waals surface area contributed by atoms with Crippen LogP contribution in [0.1, 0.15) is 57.5 Å². The molecule has 0 aliphatic rings. The Morgan fingerprint density at radius 2 is 1.50 bits per heavy atom. The molecule has 0 aliphatic carbocycles. The van der Waals surface area contributed by atoms with Crippen LogP contribution in [0.2, 0.25) is 0 Å². The third-order valence-electron chi connectivity index (χ3n) is 4.52. The van der Waals surface area contributed by atoms with Gasteiger partial charge in [-0.2, -0.15) is 0 Å². The van der Waals surface area contributed by atoms with Gasteiger partial charge in [0, 0.05) is 18.5 Å². The summed E-state index contributed by atoms with van der Waals surface area (Å²) in [5, 5.41) is 0. The molecule has 2 aromatic carbocycles. The molecule has 0 saturated heterocycles. The van der Waals surface area contributed by atoms with Gasteiger partial charge in [0.1, 0.15) is 5.75 Å². The number of carbonyl (C=O) groups excluding carboxylic acids is 1. The Kier molecular flexibility index (Phi) is 6.12. The minimum Gasteiger partial charge on any atom is -0.466 e. The molecule has 0 aromatic heterocycles. The highest BCUT2D eigenvalue weighted by Gasteiger charge is 2.25. The zero-order chi connectivity index (χ0) is 19.5. The molecule has 3 heteroatoms. The molecule has 3 nitrogen and oxygen atoms in total. The van der Waals surface area contributed by atoms with Crippen LogP contribution in [0.5, 0.6) is 5.75 Å². The van der Waals surface area contributed by atoms with Gasteiger partial charge in [-0.3, -0.25) is 4.79 Å². The van der Waals surface area contributed by atoms with E-state index in [-0.39, 0.29) is 17.2 Å². The summed E-state index contributed by atoms with van der Waals surface area (Å²) < 4.78 is 6.25. The minimum absolute atomic E-state index is 0.0573. The minimum atomic E-state index is -0.453. The van der Waals surface area contributed by atoms with Crippen LogP contribution in [0, 0.1) is 12.8 Å². The van der Waals surface area contributed by atoms with Crippen LogP contribution in [0.25, 0.3) is 0 Å². The number of rotatable bonds is 5. The average Bonchev–Trinajstić information content (AvgIpc) is 2.59. The fraction of sp³-hybridized carbons (Fsp3) is 0.435. The molecule has 0 spiro atoms. The zero-order valence-electron chi connectivity index (χ0n) is 17.0. The van der Waals surface area contributed by atoms with Gasteiger partial charge in [0.05, 0.1) is 0 Å². The molecule has 2 rings (SSSR count). The summed E-state index contributed by atoms with van der Waals surface area (Å²) in [6.07, 6.45) is -0.453. The van der Waals surface area contributed by atoms with Gasteiger partial charge in [-0.1, -0.05) is 76.6 Å². The lowest BCUT2D eigenvalue weighted by Gasteiger charge is -2.30. The summed E-state index contributed by atoms with van der Waals surface area (Å²) in [6, 6.07) is 16.3. The van der Waals surface area contributed by atoms with Gasteiger partial charge >= 0.3 is 0 Å². The van der Waals surface area contributed by atoms with Crippen LogP contribution in [0.3, 0.4) is 0 Å². The van der Waals surface area contributed by atoms with E-state index in [2.05, 4.69) is 32.9 Å². The van der Waals surface area contributed by atoms with E-state index in [9.17, 15) is 4.79 Å². The highest BCUT2D eigenvalue weighted by atomic mass is 16.5. The van der Waals surface area contributed by atoms with E-state index in [1.165, 1.54) is 11.1 Å².